The number of anilines is 2. The molecule has 0 unspecified atom stereocenters. The molecule has 0 saturated heterocycles. The van der Waals surface area contributed by atoms with E-state index < -0.39 is 0 Å². The summed E-state index contributed by atoms with van der Waals surface area (Å²) in [6.45, 7) is 9.91. The van der Waals surface area contributed by atoms with Crippen LogP contribution in [0, 0.1) is 34.6 Å². The fraction of sp³-hybridized carbons (Fsp3) is 0.185. The summed E-state index contributed by atoms with van der Waals surface area (Å²) in [5, 5.41) is 3.29. The Morgan fingerprint density at radius 1 is 0.677 bits per heavy atom. The number of hydrogen-bond acceptors (Lipinski definition) is 3. The minimum atomic E-state index is -0.339. The Labute approximate surface area is 183 Å². The molecule has 1 aliphatic heterocycles. The zero-order valence-electron chi connectivity index (χ0n) is 18.5. The Hall–Kier alpha value is -3.66. The molecule has 4 heteroatoms. The molecule has 31 heavy (non-hydrogen) atoms. The minimum Gasteiger partial charge on any atom is -0.350 e. The highest BCUT2D eigenvalue weighted by molar-refractivity contribution is 6.46. The number of nitrogens with one attached hydrogen (secondary N) is 1. The van der Waals surface area contributed by atoms with Crippen molar-refractivity contribution < 1.29 is 9.59 Å². The first kappa shape index (κ1) is 20.6. The molecule has 0 saturated carbocycles. The summed E-state index contributed by atoms with van der Waals surface area (Å²) in [4.78, 5) is 28.5. The van der Waals surface area contributed by atoms with Gasteiger partial charge in [-0.25, -0.2) is 4.90 Å². The van der Waals surface area contributed by atoms with Crippen molar-refractivity contribution in [1.82, 2.24) is 0 Å². The number of carbonyl (C=O) groups excluding carboxylic acids is 2. The van der Waals surface area contributed by atoms with Gasteiger partial charge in [-0.1, -0.05) is 59.7 Å². The van der Waals surface area contributed by atoms with E-state index in [1.165, 1.54) is 4.90 Å². The van der Waals surface area contributed by atoms with Crippen LogP contribution in [0.15, 0.2) is 66.4 Å². The van der Waals surface area contributed by atoms with Crippen molar-refractivity contribution in [2.75, 3.05) is 10.2 Å². The number of amides is 2. The number of carbonyl (C=O) groups is 2. The quantitative estimate of drug-likeness (QED) is 0.568. The maximum atomic E-state index is 13.7. The van der Waals surface area contributed by atoms with Gasteiger partial charge in [0, 0.05) is 5.69 Å². The van der Waals surface area contributed by atoms with Crippen molar-refractivity contribution in [2.24, 2.45) is 0 Å². The van der Waals surface area contributed by atoms with Crippen LogP contribution in [0.3, 0.4) is 0 Å². The fourth-order valence-electron chi connectivity index (χ4n) is 4.11. The highest BCUT2D eigenvalue weighted by atomic mass is 16.2. The van der Waals surface area contributed by atoms with Crippen molar-refractivity contribution in [3.8, 4) is 0 Å². The lowest BCUT2D eigenvalue weighted by atomic mass is 9.97. The number of aryl methyl sites for hydroxylation is 5. The Bertz CT molecular complexity index is 1250. The van der Waals surface area contributed by atoms with Crippen LogP contribution in [-0.2, 0) is 9.59 Å². The molecular weight excluding hydrogens is 384 g/mol. The van der Waals surface area contributed by atoms with Gasteiger partial charge in [0.05, 0.1) is 11.3 Å². The molecule has 1 heterocycles. The van der Waals surface area contributed by atoms with Crippen molar-refractivity contribution in [2.45, 2.75) is 34.6 Å². The molecule has 0 spiro atoms. The molecule has 156 valence electrons. The van der Waals surface area contributed by atoms with E-state index in [-0.39, 0.29) is 11.8 Å². The van der Waals surface area contributed by atoms with Crippen LogP contribution < -0.4 is 10.2 Å². The smallest absolute Gasteiger partial charge is 0.282 e. The number of benzene rings is 3. The van der Waals surface area contributed by atoms with Crippen molar-refractivity contribution in [3.05, 3.63) is 99.7 Å². The summed E-state index contributed by atoms with van der Waals surface area (Å²) in [6.07, 6.45) is 0. The van der Waals surface area contributed by atoms with Gasteiger partial charge in [0.15, 0.2) is 0 Å². The fourth-order valence-corrected chi connectivity index (χ4v) is 4.11. The van der Waals surface area contributed by atoms with Crippen molar-refractivity contribution in [1.29, 1.82) is 0 Å². The van der Waals surface area contributed by atoms with Crippen LogP contribution >= 0.6 is 0 Å². The standard InChI is InChI=1S/C27H26N2O2/c1-16-10-12-21(19(4)14-16)24-25(28-22-13-11-17(2)15-20(22)5)27(31)29(26(24)30)23-9-7-6-8-18(23)3/h6-15,28H,1-5H3. The topological polar surface area (TPSA) is 49.4 Å². The summed E-state index contributed by atoms with van der Waals surface area (Å²) in [5.74, 6) is -0.646. The molecule has 0 radical (unpaired) electrons. The first-order valence-electron chi connectivity index (χ1n) is 10.4. The van der Waals surface area contributed by atoms with Gasteiger partial charge >= 0.3 is 0 Å². The first-order chi connectivity index (χ1) is 14.8. The molecule has 4 nitrogen and oxygen atoms in total. The van der Waals surface area contributed by atoms with Crippen molar-refractivity contribution in [3.63, 3.8) is 0 Å². The summed E-state index contributed by atoms with van der Waals surface area (Å²) in [5.41, 5.74) is 8.01. The molecule has 0 fully saturated rings. The zero-order valence-corrected chi connectivity index (χ0v) is 18.5. The first-order valence-corrected chi connectivity index (χ1v) is 10.4. The summed E-state index contributed by atoms with van der Waals surface area (Å²) < 4.78 is 0. The second-order valence-corrected chi connectivity index (χ2v) is 8.24. The molecule has 3 aromatic carbocycles. The van der Waals surface area contributed by atoms with Gasteiger partial charge in [-0.05, 0) is 69.0 Å². The normalized spacial score (nSPS) is 13.9. The van der Waals surface area contributed by atoms with Gasteiger partial charge < -0.3 is 5.32 Å². The van der Waals surface area contributed by atoms with E-state index >= 15 is 0 Å². The zero-order chi connectivity index (χ0) is 22.3. The van der Waals surface area contributed by atoms with Crippen LogP contribution in [0.1, 0.15) is 33.4 Å². The molecule has 4 rings (SSSR count). The van der Waals surface area contributed by atoms with E-state index in [0.717, 1.165) is 39.1 Å². The second-order valence-electron chi connectivity index (χ2n) is 8.24. The lowest BCUT2D eigenvalue weighted by molar-refractivity contribution is -0.120. The Balaban J connectivity index is 1.89. The molecule has 3 aromatic rings. The number of para-hydroxylation sites is 1. The van der Waals surface area contributed by atoms with E-state index in [2.05, 4.69) is 11.4 Å². The monoisotopic (exact) mass is 410 g/mol. The summed E-state index contributed by atoms with van der Waals surface area (Å²) in [7, 11) is 0. The van der Waals surface area contributed by atoms with Crippen LogP contribution in [-0.4, -0.2) is 11.8 Å². The lowest BCUT2D eigenvalue weighted by Crippen LogP contribution is -2.33. The average Bonchev–Trinajstić information content (AvgIpc) is 2.94. The van der Waals surface area contributed by atoms with E-state index in [0.29, 0.717) is 17.0 Å². The van der Waals surface area contributed by atoms with Crippen LogP contribution in [0.2, 0.25) is 0 Å². The molecule has 0 bridgehead atoms. The highest BCUT2D eigenvalue weighted by Gasteiger charge is 2.41. The maximum Gasteiger partial charge on any atom is 0.282 e. The number of nitrogens with zero attached hydrogens (tertiary/aromatic N) is 1. The number of hydrogen-bond donors (Lipinski definition) is 1. The predicted molar refractivity (Wildman–Crippen MR) is 126 cm³/mol. The highest BCUT2D eigenvalue weighted by Crippen LogP contribution is 2.36. The average molecular weight is 411 g/mol. The SMILES string of the molecule is Cc1ccc(NC2=C(c3ccc(C)cc3C)C(=O)N(c3ccccc3C)C2=O)c(C)c1. The van der Waals surface area contributed by atoms with Gasteiger partial charge in [-0.3, -0.25) is 9.59 Å². The predicted octanol–water partition coefficient (Wildman–Crippen LogP) is 5.63. The summed E-state index contributed by atoms with van der Waals surface area (Å²) >= 11 is 0. The van der Waals surface area contributed by atoms with Crippen LogP contribution in [0.4, 0.5) is 11.4 Å². The number of rotatable bonds is 4. The van der Waals surface area contributed by atoms with Gasteiger partial charge in [0.1, 0.15) is 5.70 Å². The van der Waals surface area contributed by atoms with Crippen molar-refractivity contribution >= 4 is 28.8 Å². The molecule has 1 N–H and O–H groups in total. The van der Waals surface area contributed by atoms with E-state index in [9.17, 15) is 9.59 Å². The third-order valence-electron chi connectivity index (χ3n) is 5.73. The third kappa shape index (κ3) is 3.66. The van der Waals surface area contributed by atoms with Crippen LogP contribution in [0.25, 0.3) is 5.57 Å². The summed E-state index contributed by atoms with van der Waals surface area (Å²) in [6, 6.07) is 19.4. The minimum absolute atomic E-state index is 0.307. The third-order valence-corrected chi connectivity index (χ3v) is 5.73. The Morgan fingerprint density at radius 2 is 1.32 bits per heavy atom. The molecule has 0 atom stereocenters. The number of imide groups is 1. The van der Waals surface area contributed by atoms with E-state index in [1.54, 1.807) is 0 Å². The molecule has 0 aliphatic carbocycles. The van der Waals surface area contributed by atoms with Crippen LogP contribution in [0.5, 0.6) is 0 Å². The molecule has 0 aromatic heterocycles. The van der Waals surface area contributed by atoms with Gasteiger partial charge in [-0.2, -0.15) is 0 Å². The molecule has 2 amide bonds. The Kier molecular flexibility index (Phi) is 5.24. The van der Waals surface area contributed by atoms with E-state index in [4.69, 9.17) is 0 Å². The van der Waals surface area contributed by atoms with Gasteiger partial charge in [0.25, 0.3) is 11.8 Å². The molecular formula is C27H26N2O2. The van der Waals surface area contributed by atoms with Gasteiger partial charge in [0.2, 0.25) is 0 Å². The second kappa shape index (κ2) is 7.88. The van der Waals surface area contributed by atoms with Gasteiger partial charge in [-0.15, -0.1) is 0 Å². The molecule has 1 aliphatic rings. The largest absolute Gasteiger partial charge is 0.350 e. The lowest BCUT2D eigenvalue weighted by Gasteiger charge is -2.18. The van der Waals surface area contributed by atoms with E-state index in [1.807, 2.05) is 89.2 Å². The maximum absolute atomic E-state index is 13.7. The Morgan fingerprint density at radius 3 is 1.97 bits per heavy atom.